The van der Waals surface area contributed by atoms with Crippen LogP contribution >= 0.6 is 0 Å². The molecule has 2 aromatic rings. The highest BCUT2D eigenvalue weighted by Crippen LogP contribution is 2.30. The van der Waals surface area contributed by atoms with Crippen molar-refractivity contribution in [1.82, 2.24) is 4.98 Å². The predicted molar refractivity (Wildman–Crippen MR) is 75.0 cm³/mol. The Morgan fingerprint density at radius 1 is 1.05 bits per heavy atom. The van der Waals surface area contributed by atoms with Crippen LogP contribution in [0.3, 0.4) is 0 Å². The molecule has 0 aliphatic heterocycles. The number of nitrogens with zero attached hydrogens (tertiary/aromatic N) is 1. The Kier molecular flexibility index (Phi) is 3.65. The number of aryl methyl sites for hydroxylation is 2. The van der Waals surface area contributed by atoms with Gasteiger partial charge in [-0.3, -0.25) is 4.79 Å². The SMILES string of the molecule is CC(=O)c1ccc(Oc2c(C)ccc(C)c2C)cn1. The molecule has 0 atom stereocenters. The predicted octanol–water partition coefficient (Wildman–Crippen LogP) is 4.00. The normalized spacial score (nSPS) is 10.3. The van der Waals surface area contributed by atoms with Crippen LogP contribution in [0, 0.1) is 20.8 Å². The number of ketones is 1. The number of Topliss-reactive ketones (excluding diaryl/α,β-unsaturated/α-hetero) is 1. The van der Waals surface area contributed by atoms with Crippen molar-refractivity contribution in [2.24, 2.45) is 0 Å². The molecular weight excluding hydrogens is 238 g/mol. The van der Waals surface area contributed by atoms with Crippen LogP contribution in [-0.2, 0) is 0 Å². The molecule has 2 rings (SSSR count). The number of carbonyl (C=O) groups excluding carboxylic acids is 1. The van der Waals surface area contributed by atoms with E-state index in [1.165, 1.54) is 12.5 Å². The summed E-state index contributed by atoms with van der Waals surface area (Å²) in [5.74, 6) is 1.45. The molecule has 1 aromatic heterocycles. The van der Waals surface area contributed by atoms with E-state index in [-0.39, 0.29) is 5.78 Å². The van der Waals surface area contributed by atoms with E-state index in [9.17, 15) is 4.79 Å². The lowest BCUT2D eigenvalue weighted by atomic mass is 10.1. The lowest BCUT2D eigenvalue weighted by Crippen LogP contribution is -1.97. The topological polar surface area (TPSA) is 39.2 Å². The highest BCUT2D eigenvalue weighted by molar-refractivity contribution is 5.92. The third kappa shape index (κ3) is 2.81. The smallest absolute Gasteiger partial charge is 0.178 e. The molecule has 0 N–H and O–H groups in total. The fourth-order valence-electron chi connectivity index (χ4n) is 1.85. The summed E-state index contributed by atoms with van der Waals surface area (Å²) in [5.41, 5.74) is 3.84. The monoisotopic (exact) mass is 255 g/mol. The van der Waals surface area contributed by atoms with Gasteiger partial charge in [0.1, 0.15) is 17.2 Å². The van der Waals surface area contributed by atoms with Crippen molar-refractivity contribution >= 4 is 5.78 Å². The zero-order chi connectivity index (χ0) is 14.0. The van der Waals surface area contributed by atoms with Gasteiger partial charge in [-0.15, -0.1) is 0 Å². The van der Waals surface area contributed by atoms with Crippen LogP contribution in [0.25, 0.3) is 0 Å². The van der Waals surface area contributed by atoms with Gasteiger partial charge in [-0.05, 0) is 49.6 Å². The minimum atomic E-state index is -0.0468. The zero-order valence-corrected chi connectivity index (χ0v) is 11.7. The summed E-state index contributed by atoms with van der Waals surface area (Å²) < 4.78 is 5.88. The van der Waals surface area contributed by atoms with Gasteiger partial charge in [0.15, 0.2) is 5.78 Å². The van der Waals surface area contributed by atoms with Crippen LogP contribution in [0.4, 0.5) is 0 Å². The summed E-state index contributed by atoms with van der Waals surface area (Å²) in [4.78, 5) is 15.2. The van der Waals surface area contributed by atoms with E-state index < -0.39 is 0 Å². The minimum absolute atomic E-state index is 0.0468. The first-order valence-corrected chi connectivity index (χ1v) is 6.20. The number of hydrogen-bond donors (Lipinski definition) is 0. The van der Waals surface area contributed by atoms with Gasteiger partial charge in [0, 0.05) is 6.92 Å². The molecule has 0 saturated carbocycles. The van der Waals surface area contributed by atoms with Gasteiger partial charge in [0.25, 0.3) is 0 Å². The van der Waals surface area contributed by atoms with Crippen molar-refractivity contribution in [3.8, 4) is 11.5 Å². The second kappa shape index (κ2) is 5.22. The molecule has 0 saturated heterocycles. The number of rotatable bonds is 3. The quantitative estimate of drug-likeness (QED) is 0.778. The van der Waals surface area contributed by atoms with E-state index in [4.69, 9.17) is 4.74 Å². The first kappa shape index (κ1) is 13.3. The number of carbonyl (C=O) groups is 1. The van der Waals surface area contributed by atoms with Crippen LogP contribution in [0.5, 0.6) is 11.5 Å². The molecule has 3 heteroatoms. The molecular formula is C16H17NO2. The third-order valence-corrected chi connectivity index (χ3v) is 3.19. The molecule has 0 aliphatic carbocycles. The number of ether oxygens (including phenoxy) is 1. The van der Waals surface area contributed by atoms with Crippen LogP contribution in [0.1, 0.15) is 34.1 Å². The maximum Gasteiger partial charge on any atom is 0.178 e. The Bertz CT molecular complexity index is 615. The van der Waals surface area contributed by atoms with Crippen molar-refractivity contribution < 1.29 is 9.53 Å². The molecule has 0 aliphatic rings. The number of benzene rings is 1. The van der Waals surface area contributed by atoms with Crippen molar-refractivity contribution in [1.29, 1.82) is 0 Å². The Morgan fingerprint density at radius 3 is 2.32 bits per heavy atom. The van der Waals surface area contributed by atoms with Crippen molar-refractivity contribution in [3.63, 3.8) is 0 Å². The van der Waals surface area contributed by atoms with Gasteiger partial charge in [0.2, 0.25) is 0 Å². The lowest BCUT2D eigenvalue weighted by molar-refractivity contribution is 0.101. The van der Waals surface area contributed by atoms with E-state index in [2.05, 4.69) is 18.0 Å². The number of hydrogen-bond acceptors (Lipinski definition) is 3. The molecule has 98 valence electrons. The summed E-state index contributed by atoms with van der Waals surface area (Å²) in [7, 11) is 0. The first-order chi connectivity index (χ1) is 8.99. The fraction of sp³-hybridized carbons (Fsp3) is 0.250. The summed E-state index contributed by atoms with van der Waals surface area (Å²) >= 11 is 0. The molecule has 0 amide bonds. The lowest BCUT2D eigenvalue weighted by Gasteiger charge is -2.13. The average molecular weight is 255 g/mol. The van der Waals surface area contributed by atoms with E-state index in [0.29, 0.717) is 11.4 Å². The second-order valence-corrected chi connectivity index (χ2v) is 4.69. The molecule has 0 fully saturated rings. The summed E-state index contributed by atoms with van der Waals surface area (Å²) in [6.07, 6.45) is 1.58. The van der Waals surface area contributed by atoms with Gasteiger partial charge in [-0.25, -0.2) is 4.98 Å². The van der Waals surface area contributed by atoms with Crippen LogP contribution in [-0.4, -0.2) is 10.8 Å². The Hall–Kier alpha value is -2.16. The molecule has 1 aromatic carbocycles. The molecule has 0 bridgehead atoms. The van der Waals surface area contributed by atoms with Gasteiger partial charge in [0.05, 0.1) is 6.20 Å². The highest BCUT2D eigenvalue weighted by atomic mass is 16.5. The molecule has 1 heterocycles. The summed E-state index contributed by atoms with van der Waals surface area (Å²) in [6.45, 7) is 7.60. The molecule has 0 unspecified atom stereocenters. The van der Waals surface area contributed by atoms with Gasteiger partial charge < -0.3 is 4.74 Å². The van der Waals surface area contributed by atoms with E-state index >= 15 is 0 Å². The number of aromatic nitrogens is 1. The summed E-state index contributed by atoms with van der Waals surface area (Å²) in [5, 5.41) is 0. The fourth-order valence-corrected chi connectivity index (χ4v) is 1.85. The maximum atomic E-state index is 11.2. The van der Waals surface area contributed by atoms with Gasteiger partial charge >= 0.3 is 0 Å². The van der Waals surface area contributed by atoms with Crippen LogP contribution < -0.4 is 4.74 Å². The third-order valence-electron chi connectivity index (χ3n) is 3.19. The Balaban J connectivity index is 2.31. The van der Waals surface area contributed by atoms with Gasteiger partial charge in [-0.2, -0.15) is 0 Å². The van der Waals surface area contributed by atoms with E-state index in [0.717, 1.165) is 16.9 Å². The highest BCUT2D eigenvalue weighted by Gasteiger charge is 2.08. The average Bonchev–Trinajstić information content (AvgIpc) is 2.40. The zero-order valence-electron chi connectivity index (χ0n) is 11.7. The molecule has 0 radical (unpaired) electrons. The second-order valence-electron chi connectivity index (χ2n) is 4.69. The van der Waals surface area contributed by atoms with Gasteiger partial charge in [-0.1, -0.05) is 12.1 Å². The molecule has 19 heavy (non-hydrogen) atoms. The van der Waals surface area contributed by atoms with E-state index in [1.807, 2.05) is 19.9 Å². The Morgan fingerprint density at radius 2 is 1.74 bits per heavy atom. The largest absolute Gasteiger partial charge is 0.455 e. The van der Waals surface area contributed by atoms with Crippen molar-refractivity contribution in [3.05, 3.63) is 52.8 Å². The standard InChI is InChI=1S/C16H17NO2/c1-10-5-6-11(2)16(12(10)3)19-14-7-8-15(13(4)18)17-9-14/h5-9H,1-4H3. The van der Waals surface area contributed by atoms with E-state index in [1.54, 1.807) is 18.3 Å². The first-order valence-electron chi connectivity index (χ1n) is 6.20. The minimum Gasteiger partial charge on any atom is -0.455 e. The summed E-state index contributed by atoms with van der Waals surface area (Å²) in [6, 6.07) is 7.56. The van der Waals surface area contributed by atoms with Crippen LogP contribution in [0.2, 0.25) is 0 Å². The van der Waals surface area contributed by atoms with Crippen molar-refractivity contribution in [2.45, 2.75) is 27.7 Å². The maximum absolute atomic E-state index is 11.2. The van der Waals surface area contributed by atoms with Crippen LogP contribution in [0.15, 0.2) is 30.5 Å². The Labute approximate surface area is 113 Å². The molecule has 0 spiro atoms. The van der Waals surface area contributed by atoms with Crippen molar-refractivity contribution in [2.75, 3.05) is 0 Å². The number of pyridine rings is 1. The molecule has 3 nitrogen and oxygen atoms in total.